The fraction of sp³-hybridized carbons (Fsp3) is 0.632. The average Bonchev–Trinajstić information content (AvgIpc) is 0.862. The third-order valence-corrected chi connectivity index (χ3v) is 16.9. The number of hydrogen-bond acceptors (Lipinski definition) is 22. The van der Waals surface area contributed by atoms with Crippen molar-refractivity contribution < 1.29 is 67.4 Å². The van der Waals surface area contributed by atoms with Crippen molar-refractivity contribution >= 4 is 113 Å². The van der Waals surface area contributed by atoms with Crippen LogP contribution in [0.3, 0.4) is 0 Å². The van der Waals surface area contributed by atoms with Gasteiger partial charge in [-0.15, -0.1) is 0 Å². The van der Waals surface area contributed by atoms with Gasteiger partial charge in [-0.05, 0) is 167 Å². The molecule has 0 aliphatic heterocycles. The molecule has 47 heteroatoms. The first-order valence-electron chi connectivity index (χ1n) is 37.6. The minimum Gasteiger partial charge on any atom is -0.508 e. The summed E-state index contributed by atoms with van der Waals surface area (Å²) in [4.78, 5) is 207. The number of aromatic hydroxyl groups is 1. The molecule has 0 fully saturated rings. The molecule has 0 aliphatic carbocycles. The number of aliphatic imine (C=N–C) groups is 6. The minimum atomic E-state index is -1.73. The Morgan fingerprint density at radius 2 is 0.626 bits per heavy atom. The summed E-state index contributed by atoms with van der Waals surface area (Å²) in [6, 6.07) is -8.75. The van der Waals surface area contributed by atoms with Gasteiger partial charge in [-0.25, -0.2) is 0 Å². The summed E-state index contributed by atoms with van der Waals surface area (Å²) in [7, 11) is 3.67. The summed E-state index contributed by atoms with van der Waals surface area (Å²) in [5, 5.41) is 38.3. The van der Waals surface area contributed by atoms with Gasteiger partial charge in [0.1, 0.15) is 66.2 Å². The van der Waals surface area contributed by atoms with E-state index in [2.05, 4.69) is 88.4 Å². The van der Waals surface area contributed by atoms with Crippen LogP contribution in [0.25, 0.3) is 0 Å². The van der Waals surface area contributed by atoms with Crippen LogP contribution in [0.15, 0.2) is 54.2 Å². The van der Waals surface area contributed by atoms with E-state index in [1.165, 1.54) is 19.1 Å². The number of nitrogens with one attached hydrogen (secondary N) is 11. The van der Waals surface area contributed by atoms with Gasteiger partial charge in [0.2, 0.25) is 76.8 Å². The Balaban J connectivity index is 3.97. The predicted octanol–water partition coefficient (Wildman–Crippen LogP) is -11.1. The molecule has 0 saturated heterocycles. The monoisotopic (exact) mass is 1630 g/mol. The molecule has 47 nitrogen and oxygen atoms in total. The SMILES string of the molecule is CC(=O)N[C@@H](Cc1ccc(O)cc1)C(=O)NCC(=O)N[C@@H](CCCN=C(N)N)C(=O)N[C@@H](CCCCN(C)C)C(=O)N[C@@H](CCCCN)C(=O)N[C@@H](CCCN=C(N)N)C(=O)N[C@@H](CCCN=C(N)N)C(=O)N[C@@H](CCC(N)=O)C(=O)N[C@@H](CCCN=C(N)N)C(=O)N[C@@H](CCCN=C(N)N)C(=O)N[C@@H](CCCN=C(N)N)C(N)=O. The van der Waals surface area contributed by atoms with Crippen molar-refractivity contribution in [2.75, 3.05) is 73.0 Å². The Morgan fingerprint density at radius 3 is 0.904 bits per heavy atom. The average molecular weight is 1630 g/mol. The largest absolute Gasteiger partial charge is 0.508 e. The number of phenolic OH excluding ortho intramolecular Hbond substituents is 1. The van der Waals surface area contributed by atoms with Crippen molar-refractivity contribution in [1.29, 1.82) is 0 Å². The maximum absolute atomic E-state index is 14.9. The Hall–Kier alpha value is -12.3. The van der Waals surface area contributed by atoms with Gasteiger partial charge in [-0.2, -0.15) is 0 Å². The number of guanidine groups is 6. The number of carbonyl (C=O) groups excluding carboxylic acids is 13. The smallest absolute Gasteiger partial charge is 0.243 e. The van der Waals surface area contributed by atoms with Gasteiger partial charge in [0.05, 0.1) is 6.54 Å². The van der Waals surface area contributed by atoms with Crippen LogP contribution in [0.2, 0.25) is 0 Å². The van der Waals surface area contributed by atoms with E-state index in [4.69, 9.17) is 86.0 Å². The van der Waals surface area contributed by atoms with Gasteiger partial charge < -0.3 is 154 Å². The van der Waals surface area contributed by atoms with Crippen LogP contribution >= 0.6 is 0 Å². The third kappa shape index (κ3) is 47.6. The number of benzene rings is 1. The lowest BCUT2D eigenvalue weighted by molar-refractivity contribution is -0.136. The minimum absolute atomic E-state index is 0.00518. The Morgan fingerprint density at radius 1 is 0.348 bits per heavy atom. The molecule has 0 saturated carbocycles. The van der Waals surface area contributed by atoms with E-state index in [0.29, 0.717) is 31.4 Å². The number of unbranched alkanes of at least 4 members (excludes halogenated alkanes) is 2. The maximum atomic E-state index is 14.9. The highest BCUT2D eigenvalue weighted by atomic mass is 16.3. The number of nitrogens with zero attached hydrogens (tertiary/aromatic N) is 7. The van der Waals surface area contributed by atoms with Gasteiger partial charge in [0.15, 0.2) is 35.8 Å². The van der Waals surface area contributed by atoms with E-state index >= 15 is 0 Å². The third-order valence-electron chi connectivity index (χ3n) is 16.9. The van der Waals surface area contributed by atoms with Gasteiger partial charge in [0, 0.05) is 59.0 Å². The fourth-order valence-corrected chi connectivity index (χ4v) is 11.1. The molecule has 0 radical (unpaired) electrons. The molecule has 646 valence electrons. The second-order valence-corrected chi connectivity index (χ2v) is 27.1. The molecule has 42 N–H and O–H groups in total. The first-order chi connectivity index (χ1) is 54.3. The zero-order valence-corrected chi connectivity index (χ0v) is 65.8. The number of phenols is 1. The number of amides is 13. The van der Waals surface area contributed by atoms with E-state index in [1.807, 2.05) is 19.0 Å². The van der Waals surface area contributed by atoms with Crippen LogP contribution in [0, 0.1) is 0 Å². The molecule has 10 atom stereocenters. The quantitative estimate of drug-likeness (QED) is 0.0164. The van der Waals surface area contributed by atoms with Crippen LogP contribution in [-0.4, -0.2) is 256 Å². The van der Waals surface area contributed by atoms with Crippen LogP contribution in [0.4, 0.5) is 0 Å². The summed E-state index contributed by atoms with van der Waals surface area (Å²) in [6.45, 7) is 1.02. The lowest BCUT2D eigenvalue weighted by atomic mass is 10.0. The molecule has 1 rings (SSSR count). The zero-order chi connectivity index (χ0) is 86.5. The first kappa shape index (κ1) is 101. The summed E-state index contributed by atoms with van der Waals surface area (Å²) >= 11 is 0. The number of nitrogens with two attached hydrogens (primary N) is 15. The van der Waals surface area contributed by atoms with Crippen molar-refractivity contribution in [3.63, 3.8) is 0 Å². The summed E-state index contributed by atoms with van der Waals surface area (Å²) in [5.74, 6) is -13.4. The molecule has 115 heavy (non-hydrogen) atoms. The summed E-state index contributed by atoms with van der Waals surface area (Å²) in [6.07, 6.45) is -0.391. The van der Waals surface area contributed by atoms with Crippen molar-refractivity contribution in [3.05, 3.63) is 29.8 Å². The lowest BCUT2D eigenvalue weighted by Crippen LogP contribution is -2.60. The number of rotatable bonds is 60. The van der Waals surface area contributed by atoms with Gasteiger partial charge >= 0.3 is 0 Å². The zero-order valence-electron chi connectivity index (χ0n) is 65.8. The molecule has 0 aliphatic rings. The number of carbonyl (C=O) groups is 13. The van der Waals surface area contributed by atoms with E-state index in [1.54, 1.807) is 12.1 Å². The standard InChI is InChI=1S/C68H125N33O14/c1-38(102)91-50(36-39-22-24-40(103)25-23-39)54(107)90-37-52(105)92-42(17-9-30-85-64(74)75)55(108)94-44(15-5-7-35-101(2)3)58(111)95-43(14-4-6-28-69)57(110)97-46(19-11-32-87-66(78)79)59(112)98-48(21-13-34-89-68(82)83)61(114)100-49(26-27-51(70)104)62(115)99-47(20-12-33-88-67(80)81)60(113)96-45(18-10-31-86-65(76)77)56(109)93-41(53(71)106)16-8-29-84-63(72)73/h22-25,41-50,103H,4-21,26-37,69H2,1-3H3,(H2,70,104)(H2,71,106)(H,90,107)(H,91,102)(H,92,105)(H,93,109)(H,94,108)(H,95,111)(H,96,113)(H,97,110)(H,98,112)(H,99,115)(H,100,114)(H4,72,73,84)(H4,74,75,85)(H4,76,77,86)(H4,78,79,87)(H4,80,81,88)(H4,82,83,89)/t41-,42-,43-,44-,45-,46-,47-,48-,49-,50-/m0/s1. The van der Waals surface area contributed by atoms with Crippen LogP contribution in [-0.2, 0) is 68.7 Å². The van der Waals surface area contributed by atoms with Crippen molar-refractivity contribution in [2.24, 2.45) is 116 Å². The Kier molecular flexibility index (Phi) is 49.7. The number of hydrogen-bond donors (Lipinski definition) is 27. The highest BCUT2D eigenvalue weighted by Crippen LogP contribution is 2.15. The Labute approximate surface area is 667 Å². The normalized spacial score (nSPS) is 13.4. The lowest BCUT2D eigenvalue weighted by Gasteiger charge is -2.28. The van der Waals surface area contributed by atoms with Gasteiger partial charge in [-0.3, -0.25) is 92.3 Å². The number of primary amides is 2. The van der Waals surface area contributed by atoms with Gasteiger partial charge in [-0.1, -0.05) is 12.1 Å². The van der Waals surface area contributed by atoms with E-state index in [9.17, 15) is 67.4 Å². The van der Waals surface area contributed by atoms with Crippen LogP contribution < -0.4 is 144 Å². The molecular formula is C68H125N33O14. The molecule has 13 amide bonds. The fourth-order valence-electron chi connectivity index (χ4n) is 11.1. The maximum Gasteiger partial charge on any atom is 0.243 e. The van der Waals surface area contributed by atoms with Crippen LogP contribution in [0.5, 0.6) is 5.75 Å². The first-order valence-corrected chi connectivity index (χ1v) is 37.6. The molecule has 0 heterocycles. The van der Waals surface area contributed by atoms with E-state index < -0.39 is 157 Å². The molecule has 0 unspecified atom stereocenters. The van der Waals surface area contributed by atoms with E-state index in [-0.39, 0.29) is 190 Å². The molecule has 0 bridgehead atoms. The van der Waals surface area contributed by atoms with E-state index in [0.717, 1.165) is 0 Å². The summed E-state index contributed by atoms with van der Waals surface area (Å²) in [5.41, 5.74) is 84.4. The highest BCUT2D eigenvalue weighted by Gasteiger charge is 2.36. The van der Waals surface area contributed by atoms with Crippen LogP contribution in [0.1, 0.15) is 141 Å². The summed E-state index contributed by atoms with van der Waals surface area (Å²) < 4.78 is 0. The highest BCUT2D eigenvalue weighted by molar-refractivity contribution is 5.99. The van der Waals surface area contributed by atoms with Crippen molar-refractivity contribution in [2.45, 2.75) is 202 Å². The van der Waals surface area contributed by atoms with Crippen molar-refractivity contribution in [3.8, 4) is 5.75 Å². The second kappa shape index (κ2) is 56.8. The molecular weight excluding hydrogens is 1500 g/mol. The molecule has 1 aromatic carbocycles. The second-order valence-electron chi connectivity index (χ2n) is 27.1. The Bertz CT molecular complexity index is 3460. The van der Waals surface area contributed by atoms with Gasteiger partial charge in [0.25, 0.3) is 0 Å². The topological polar surface area (TPSA) is 842 Å². The molecule has 1 aromatic rings. The predicted molar refractivity (Wildman–Crippen MR) is 432 cm³/mol. The van der Waals surface area contributed by atoms with Crippen molar-refractivity contribution in [1.82, 2.24) is 63.4 Å². The molecule has 0 aromatic heterocycles. The molecule has 0 spiro atoms.